The minimum Gasteiger partial charge on any atom is -0.493 e. The molecule has 0 saturated carbocycles. The van der Waals surface area contributed by atoms with E-state index in [-0.39, 0.29) is 18.9 Å². The number of anilines is 1. The summed E-state index contributed by atoms with van der Waals surface area (Å²) in [5, 5.41) is 12.0. The van der Waals surface area contributed by atoms with Crippen molar-refractivity contribution in [3.63, 3.8) is 0 Å². The predicted molar refractivity (Wildman–Crippen MR) is 121 cm³/mol. The maximum Gasteiger partial charge on any atom is 0.410 e. The van der Waals surface area contributed by atoms with Gasteiger partial charge in [0.2, 0.25) is 5.91 Å². The first kappa shape index (κ1) is 23.9. The molecule has 2 N–H and O–H groups in total. The third-order valence-electron chi connectivity index (χ3n) is 5.01. The number of carboxylic acids is 1. The maximum atomic E-state index is 12.4. The molecule has 1 aliphatic rings. The maximum absolute atomic E-state index is 12.4. The first-order valence-electron chi connectivity index (χ1n) is 10.5. The third kappa shape index (κ3) is 6.15. The van der Waals surface area contributed by atoms with E-state index >= 15 is 0 Å². The molecule has 1 fully saturated rings. The minimum absolute atomic E-state index is 0.147. The van der Waals surface area contributed by atoms with Gasteiger partial charge >= 0.3 is 12.1 Å². The van der Waals surface area contributed by atoms with E-state index in [0.717, 1.165) is 0 Å². The number of ether oxygens (including phenoxy) is 3. The molecular weight excluding hydrogens is 428 g/mol. The van der Waals surface area contributed by atoms with Gasteiger partial charge in [-0.15, -0.1) is 0 Å². The van der Waals surface area contributed by atoms with Gasteiger partial charge in [0.15, 0.2) is 11.5 Å². The molecule has 1 saturated heterocycles. The third-order valence-corrected chi connectivity index (χ3v) is 5.01. The van der Waals surface area contributed by atoms with Crippen LogP contribution in [-0.2, 0) is 27.3 Å². The molecule has 0 aromatic heterocycles. The molecule has 9 nitrogen and oxygen atoms in total. The van der Waals surface area contributed by atoms with Gasteiger partial charge in [-0.2, -0.15) is 0 Å². The van der Waals surface area contributed by atoms with Crippen LogP contribution in [0.3, 0.4) is 0 Å². The Kier molecular flexibility index (Phi) is 7.10. The average Bonchev–Trinajstić information content (AvgIpc) is 3.13. The molecule has 0 radical (unpaired) electrons. The van der Waals surface area contributed by atoms with Crippen molar-refractivity contribution >= 4 is 23.7 Å². The smallest absolute Gasteiger partial charge is 0.410 e. The van der Waals surface area contributed by atoms with Crippen molar-refractivity contribution in [3.8, 4) is 17.2 Å². The quantitative estimate of drug-likeness (QED) is 0.616. The topological polar surface area (TPSA) is 114 Å². The van der Waals surface area contributed by atoms with Crippen LogP contribution in [0.4, 0.5) is 10.5 Å². The Balaban J connectivity index is 1.95. The normalized spacial score (nSPS) is 13.5. The number of benzene rings is 2. The molecule has 0 aliphatic carbocycles. The monoisotopic (exact) mass is 456 g/mol. The van der Waals surface area contributed by atoms with Gasteiger partial charge in [-0.05, 0) is 35.9 Å². The van der Waals surface area contributed by atoms with Crippen molar-refractivity contribution in [1.82, 2.24) is 4.90 Å². The number of carbonyl (C=O) groups is 3. The standard InChI is InChI=1S/C24H28N2O7/c1-24(2,3)22(29)25-17-6-8-18(16(13-17)14-26-9-10-32-23(26)30)33-20-11-15(12-21(27)28)5-7-19(20)31-4/h5-8,11,13H,9-10,12,14H2,1-4H3,(H,25,29)(H,27,28). The molecule has 1 aliphatic heterocycles. The van der Waals surface area contributed by atoms with Crippen LogP contribution < -0.4 is 14.8 Å². The average molecular weight is 456 g/mol. The molecule has 9 heteroatoms. The first-order valence-corrected chi connectivity index (χ1v) is 10.5. The Hall–Kier alpha value is -3.75. The van der Waals surface area contributed by atoms with Crippen molar-refractivity contribution in [2.24, 2.45) is 5.41 Å². The number of carbonyl (C=O) groups excluding carboxylic acids is 2. The van der Waals surface area contributed by atoms with Crippen LogP contribution in [0.2, 0.25) is 0 Å². The van der Waals surface area contributed by atoms with Crippen LogP contribution in [0.25, 0.3) is 0 Å². The molecule has 0 bridgehead atoms. The van der Waals surface area contributed by atoms with Crippen LogP contribution >= 0.6 is 0 Å². The SMILES string of the molecule is COc1ccc(CC(=O)O)cc1Oc1ccc(NC(=O)C(C)(C)C)cc1CN1CCOC1=O. The Labute approximate surface area is 192 Å². The molecule has 0 atom stereocenters. The number of nitrogens with one attached hydrogen (secondary N) is 1. The van der Waals surface area contributed by atoms with Crippen molar-refractivity contribution in [2.75, 3.05) is 25.6 Å². The lowest BCUT2D eigenvalue weighted by Gasteiger charge is -2.21. The summed E-state index contributed by atoms with van der Waals surface area (Å²) in [7, 11) is 1.49. The Morgan fingerprint density at radius 1 is 1.12 bits per heavy atom. The highest BCUT2D eigenvalue weighted by Gasteiger charge is 2.25. The van der Waals surface area contributed by atoms with Crippen molar-refractivity contribution in [2.45, 2.75) is 33.7 Å². The van der Waals surface area contributed by atoms with E-state index in [1.54, 1.807) is 36.4 Å². The Bertz CT molecular complexity index is 1060. The largest absolute Gasteiger partial charge is 0.493 e. The second-order valence-electron chi connectivity index (χ2n) is 8.72. The number of amides is 2. The Morgan fingerprint density at radius 2 is 1.85 bits per heavy atom. The molecule has 176 valence electrons. The molecular formula is C24H28N2O7. The van der Waals surface area contributed by atoms with Crippen LogP contribution in [0, 0.1) is 5.41 Å². The molecule has 2 aromatic rings. The van der Waals surface area contributed by atoms with Crippen LogP contribution in [-0.4, -0.2) is 48.2 Å². The number of nitrogens with zero attached hydrogens (tertiary/aromatic N) is 1. The van der Waals surface area contributed by atoms with Gasteiger partial charge in [0, 0.05) is 16.7 Å². The minimum atomic E-state index is -0.960. The summed E-state index contributed by atoms with van der Waals surface area (Å²) in [6, 6.07) is 10.1. The fourth-order valence-electron chi connectivity index (χ4n) is 3.18. The highest BCUT2D eigenvalue weighted by Crippen LogP contribution is 2.36. The van der Waals surface area contributed by atoms with Crippen molar-refractivity contribution in [1.29, 1.82) is 0 Å². The number of aliphatic carboxylic acids is 1. The van der Waals surface area contributed by atoms with Gasteiger partial charge in [-0.25, -0.2) is 4.79 Å². The van der Waals surface area contributed by atoms with E-state index in [4.69, 9.17) is 19.3 Å². The van der Waals surface area contributed by atoms with Gasteiger partial charge in [0.1, 0.15) is 12.4 Å². The van der Waals surface area contributed by atoms with Gasteiger partial charge < -0.3 is 29.5 Å². The van der Waals surface area contributed by atoms with Gasteiger partial charge in [-0.3, -0.25) is 9.59 Å². The zero-order valence-corrected chi connectivity index (χ0v) is 19.1. The van der Waals surface area contributed by atoms with Gasteiger partial charge in [-0.1, -0.05) is 26.8 Å². The first-order chi connectivity index (χ1) is 15.6. The summed E-state index contributed by atoms with van der Waals surface area (Å²) in [5.41, 5.74) is 1.19. The second kappa shape index (κ2) is 9.81. The molecule has 33 heavy (non-hydrogen) atoms. The molecule has 3 rings (SSSR count). The highest BCUT2D eigenvalue weighted by molar-refractivity contribution is 5.94. The fraction of sp³-hybridized carbons (Fsp3) is 0.375. The lowest BCUT2D eigenvalue weighted by molar-refractivity contribution is -0.136. The summed E-state index contributed by atoms with van der Waals surface area (Å²) < 4.78 is 16.5. The van der Waals surface area contributed by atoms with Crippen LogP contribution in [0.1, 0.15) is 31.9 Å². The van der Waals surface area contributed by atoms with Gasteiger partial charge in [0.25, 0.3) is 0 Å². The van der Waals surface area contributed by atoms with E-state index in [9.17, 15) is 14.4 Å². The number of carboxylic acid groups (broad SMARTS) is 1. The number of hydrogen-bond donors (Lipinski definition) is 2. The molecule has 0 spiro atoms. The summed E-state index contributed by atoms with van der Waals surface area (Å²) >= 11 is 0. The molecule has 1 heterocycles. The zero-order valence-electron chi connectivity index (χ0n) is 19.1. The summed E-state index contributed by atoms with van der Waals surface area (Å²) in [6.45, 7) is 6.41. The van der Waals surface area contributed by atoms with Crippen molar-refractivity contribution in [3.05, 3.63) is 47.5 Å². The number of methoxy groups -OCH3 is 1. The number of hydrogen-bond acceptors (Lipinski definition) is 6. The van der Waals surface area contributed by atoms with Crippen LogP contribution in [0.5, 0.6) is 17.2 Å². The van der Waals surface area contributed by atoms with Gasteiger partial charge in [0.05, 0.1) is 26.6 Å². The lowest BCUT2D eigenvalue weighted by atomic mass is 9.95. The predicted octanol–water partition coefficient (Wildman–Crippen LogP) is 4.05. The molecule has 2 aromatic carbocycles. The number of rotatable bonds is 8. The second-order valence-corrected chi connectivity index (χ2v) is 8.72. The highest BCUT2D eigenvalue weighted by atomic mass is 16.6. The van der Waals surface area contributed by atoms with E-state index < -0.39 is 17.5 Å². The van der Waals surface area contributed by atoms with E-state index in [0.29, 0.717) is 47.2 Å². The number of cyclic esters (lactones) is 1. The molecule has 2 amide bonds. The van der Waals surface area contributed by atoms with E-state index in [2.05, 4.69) is 5.32 Å². The Morgan fingerprint density at radius 3 is 2.45 bits per heavy atom. The summed E-state index contributed by atoms with van der Waals surface area (Å²) in [6.07, 6.45) is -0.587. The zero-order chi connectivity index (χ0) is 24.2. The summed E-state index contributed by atoms with van der Waals surface area (Å²) in [5.74, 6) is 0.104. The van der Waals surface area contributed by atoms with E-state index in [1.165, 1.54) is 12.0 Å². The fourth-order valence-corrected chi connectivity index (χ4v) is 3.18. The lowest BCUT2D eigenvalue weighted by Crippen LogP contribution is -2.28. The molecule has 0 unspecified atom stereocenters. The van der Waals surface area contributed by atoms with E-state index in [1.807, 2.05) is 20.8 Å². The van der Waals surface area contributed by atoms with Crippen LogP contribution in [0.15, 0.2) is 36.4 Å². The summed E-state index contributed by atoms with van der Waals surface area (Å²) in [4.78, 5) is 37.1. The van der Waals surface area contributed by atoms with Crippen molar-refractivity contribution < 1.29 is 33.7 Å².